The van der Waals surface area contributed by atoms with Crippen LogP contribution in [-0.2, 0) is 27.4 Å². The molecule has 2 fully saturated rings. The van der Waals surface area contributed by atoms with Crippen molar-refractivity contribution in [3.8, 4) is 16.9 Å². The molecule has 1 aliphatic carbocycles. The largest absolute Gasteiger partial charge is 0.508 e. The summed E-state index contributed by atoms with van der Waals surface area (Å²) in [5.74, 6) is -0.155. The van der Waals surface area contributed by atoms with Crippen molar-refractivity contribution < 1.29 is 24.2 Å². The lowest BCUT2D eigenvalue weighted by atomic mass is 9.79. The molecule has 3 aromatic carbocycles. The second-order valence-electron chi connectivity index (χ2n) is 14.0. The molecule has 4 aromatic rings. The maximum absolute atomic E-state index is 14.9. The molecule has 0 radical (unpaired) electrons. The smallest absolute Gasteiger partial charge is 0.410 e. The number of fused-ring (bicyclic) bond motifs is 1. The van der Waals surface area contributed by atoms with Gasteiger partial charge in [0.05, 0.1) is 5.92 Å². The monoisotopic (exact) mass is 637 g/mol. The third kappa shape index (κ3) is 7.65. The van der Waals surface area contributed by atoms with Gasteiger partial charge < -0.3 is 28.9 Å². The molecule has 2 heterocycles. The quantitative estimate of drug-likeness (QED) is 0.181. The van der Waals surface area contributed by atoms with Gasteiger partial charge in [-0.1, -0.05) is 54.6 Å². The Labute approximate surface area is 277 Å². The zero-order valence-corrected chi connectivity index (χ0v) is 28.0. The first-order chi connectivity index (χ1) is 22.6. The average molecular weight is 638 g/mol. The summed E-state index contributed by atoms with van der Waals surface area (Å²) in [4.78, 5) is 32.0. The van der Waals surface area contributed by atoms with Crippen molar-refractivity contribution in [1.82, 2.24) is 14.4 Å². The molecule has 2 aliphatic rings. The first-order valence-electron chi connectivity index (χ1n) is 16.8. The fourth-order valence-electron chi connectivity index (χ4n) is 6.88. The van der Waals surface area contributed by atoms with Gasteiger partial charge in [-0.25, -0.2) is 4.79 Å². The number of methoxy groups -OCH3 is 1. The van der Waals surface area contributed by atoms with E-state index in [4.69, 9.17) is 9.47 Å². The zero-order valence-electron chi connectivity index (χ0n) is 28.0. The zero-order chi connectivity index (χ0) is 33.1. The number of aromatic nitrogens is 1. The number of para-hydroxylation sites is 1. The fraction of sp³-hybridized carbons (Fsp3) is 0.436. The summed E-state index contributed by atoms with van der Waals surface area (Å²) in [6, 6.07) is 24.2. The first-order valence-corrected chi connectivity index (χ1v) is 16.8. The lowest BCUT2D eigenvalue weighted by molar-refractivity contribution is -0.139. The molecule has 1 N–H and O–H groups in total. The minimum absolute atomic E-state index is 0.0603. The molecule has 1 aliphatic heterocycles. The first kappa shape index (κ1) is 32.6. The van der Waals surface area contributed by atoms with Gasteiger partial charge in [0, 0.05) is 63.0 Å². The minimum atomic E-state index is -0.622. The molecule has 0 unspecified atom stereocenters. The van der Waals surface area contributed by atoms with E-state index >= 15 is 0 Å². The third-order valence-electron chi connectivity index (χ3n) is 9.33. The van der Waals surface area contributed by atoms with Gasteiger partial charge in [-0.3, -0.25) is 4.79 Å². The van der Waals surface area contributed by atoms with Gasteiger partial charge in [-0.05, 0) is 92.8 Å². The summed E-state index contributed by atoms with van der Waals surface area (Å²) < 4.78 is 13.4. The highest BCUT2D eigenvalue weighted by molar-refractivity contribution is 5.86. The number of aromatic hydroxyl groups is 1. The molecule has 0 bridgehead atoms. The van der Waals surface area contributed by atoms with Crippen LogP contribution in [0.4, 0.5) is 4.79 Å². The predicted molar refractivity (Wildman–Crippen MR) is 184 cm³/mol. The van der Waals surface area contributed by atoms with Crippen LogP contribution in [0.15, 0.2) is 79.0 Å². The van der Waals surface area contributed by atoms with Crippen molar-refractivity contribution in [3.63, 3.8) is 0 Å². The molecular formula is C39H47N3O5. The lowest BCUT2D eigenvalue weighted by Crippen LogP contribution is -2.51. The Kier molecular flexibility index (Phi) is 9.60. The molecular weight excluding hydrogens is 590 g/mol. The van der Waals surface area contributed by atoms with Crippen molar-refractivity contribution in [1.29, 1.82) is 0 Å². The summed E-state index contributed by atoms with van der Waals surface area (Å²) in [6.45, 7) is 8.51. The minimum Gasteiger partial charge on any atom is -0.508 e. The summed E-state index contributed by atoms with van der Waals surface area (Å²) in [7, 11) is 1.73. The van der Waals surface area contributed by atoms with Crippen molar-refractivity contribution in [2.45, 2.75) is 77.1 Å². The molecule has 47 heavy (non-hydrogen) atoms. The third-order valence-corrected chi connectivity index (χ3v) is 9.33. The van der Waals surface area contributed by atoms with Crippen LogP contribution in [0.2, 0.25) is 0 Å². The number of hydrogen-bond acceptors (Lipinski definition) is 5. The molecule has 8 heteroatoms. The highest BCUT2D eigenvalue weighted by Gasteiger charge is 2.43. The van der Waals surface area contributed by atoms with Gasteiger partial charge in [-0.2, -0.15) is 0 Å². The predicted octanol–water partition coefficient (Wildman–Crippen LogP) is 7.58. The van der Waals surface area contributed by atoms with E-state index in [9.17, 15) is 14.7 Å². The Balaban J connectivity index is 1.32. The Morgan fingerprint density at radius 3 is 2.45 bits per heavy atom. The topological polar surface area (TPSA) is 84.2 Å². The molecule has 248 valence electrons. The second-order valence-corrected chi connectivity index (χ2v) is 14.0. The van der Waals surface area contributed by atoms with Crippen LogP contribution >= 0.6 is 0 Å². The molecule has 2 atom stereocenters. The second kappa shape index (κ2) is 13.8. The van der Waals surface area contributed by atoms with E-state index in [-0.39, 0.29) is 29.7 Å². The molecule has 1 saturated carbocycles. The molecule has 1 aromatic heterocycles. The number of phenolic OH excluding ortho intramolecular Hbond substituents is 1. The number of benzene rings is 3. The average Bonchev–Trinajstić information content (AvgIpc) is 3.85. The number of rotatable bonds is 10. The number of phenols is 1. The van der Waals surface area contributed by atoms with E-state index in [1.54, 1.807) is 24.1 Å². The highest BCUT2D eigenvalue weighted by Crippen LogP contribution is 2.40. The maximum Gasteiger partial charge on any atom is 0.410 e. The molecule has 6 rings (SSSR count). The number of carbonyl (C=O) groups excluding carboxylic acids is 2. The number of likely N-dealkylation sites (tertiary alicyclic amines) is 1. The maximum atomic E-state index is 14.9. The number of amides is 2. The van der Waals surface area contributed by atoms with Crippen LogP contribution in [0.3, 0.4) is 0 Å². The van der Waals surface area contributed by atoms with E-state index in [1.165, 1.54) is 10.9 Å². The summed E-state index contributed by atoms with van der Waals surface area (Å²) >= 11 is 0. The normalized spacial score (nSPS) is 18.3. The van der Waals surface area contributed by atoms with Gasteiger partial charge in [-0.15, -0.1) is 0 Å². The highest BCUT2D eigenvalue weighted by atomic mass is 16.6. The van der Waals surface area contributed by atoms with E-state index in [1.807, 2.05) is 39.0 Å². The van der Waals surface area contributed by atoms with E-state index in [0.29, 0.717) is 32.7 Å². The van der Waals surface area contributed by atoms with E-state index in [0.717, 1.165) is 48.1 Å². The van der Waals surface area contributed by atoms with Crippen molar-refractivity contribution in [2.75, 3.05) is 26.8 Å². The summed E-state index contributed by atoms with van der Waals surface area (Å²) in [5, 5.41) is 11.0. The van der Waals surface area contributed by atoms with Crippen LogP contribution in [-0.4, -0.2) is 69.9 Å². The SMILES string of the molecule is COCCCn1cc(CN(C(=O)[C@H]2CN(C(=O)OC(C)(C)C)CC[C@@H]2c2cccc(-c3ccc(O)cc3)c2)C2CC2)c2ccccc21. The van der Waals surface area contributed by atoms with Crippen LogP contribution in [0.5, 0.6) is 5.75 Å². The van der Waals surface area contributed by atoms with Gasteiger partial charge in [0.1, 0.15) is 11.4 Å². The number of ether oxygens (including phenoxy) is 2. The van der Waals surface area contributed by atoms with Gasteiger partial charge in [0.25, 0.3) is 0 Å². The van der Waals surface area contributed by atoms with E-state index < -0.39 is 11.5 Å². The number of hydrogen-bond donors (Lipinski definition) is 1. The fourth-order valence-corrected chi connectivity index (χ4v) is 6.88. The van der Waals surface area contributed by atoms with Crippen molar-refractivity contribution in [3.05, 3.63) is 90.1 Å². The number of nitrogens with zero attached hydrogens (tertiary/aromatic N) is 3. The molecule has 0 spiro atoms. The number of carbonyl (C=O) groups is 2. The van der Waals surface area contributed by atoms with Gasteiger partial charge in [0.15, 0.2) is 0 Å². The summed E-state index contributed by atoms with van der Waals surface area (Å²) in [6.07, 6.45) is 5.38. The van der Waals surface area contributed by atoms with Crippen LogP contribution < -0.4 is 0 Å². The van der Waals surface area contributed by atoms with Crippen LogP contribution in [0, 0.1) is 5.92 Å². The van der Waals surface area contributed by atoms with Crippen LogP contribution in [0.25, 0.3) is 22.0 Å². The van der Waals surface area contributed by atoms with Gasteiger partial charge >= 0.3 is 6.09 Å². The summed E-state index contributed by atoms with van der Waals surface area (Å²) in [5.41, 5.74) is 4.80. The number of aryl methyl sites for hydroxylation is 1. The van der Waals surface area contributed by atoms with Crippen molar-refractivity contribution >= 4 is 22.9 Å². The van der Waals surface area contributed by atoms with Crippen molar-refractivity contribution in [2.24, 2.45) is 5.92 Å². The Hall–Kier alpha value is -4.30. The Morgan fingerprint density at radius 1 is 0.957 bits per heavy atom. The molecule has 2 amide bonds. The Morgan fingerprint density at radius 2 is 1.72 bits per heavy atom. The molecule has 8 nitrogen and oxygen atoms in total. The standard InChI is InChI=1S/C39H47N3O5/c1-39(2,3)47-38(45)41-21-19-33(29-10-7-9-28(23-29)27-13-17-32(43)18-14-27)35(26-41)37(44)42(31-15-16-31)25-30-24-40(20-8-22-46-4)36-12-6-5-11-34(30)36/h5-7,9-14,17-18,23-24,31,33,35,43H,8,15-16,19-22,25-26H2,1-4H3/t33-,35+/m1/s1. The van der Waals surface area contributed by atoms with E-state index in [2.05, 4.69) is 58.1 Å². The lowest BCUT2D eigenvalue weighted by Gasteiger charge is -2.40. The Bertz CT molecular complexity index is 1700. The van der Waals surface area contributed by atoms with Gasteiger partial charge in [0.2, 0.25) is 5.91 Å². The van der Waals surface area contributed by atoms with Crippen LogP contribution in [0.1, 0.15) is 63.5 Å². The molecule has 1 saturated heterocycles. The number of piperidine rings is 1.